The van der Waals surface area contributed by atoms with Crippen molar-refractivity contribution in [3.8, 4) is 11.1 Å². The molecule has 0 atom stereocenters. The van der Waals surface area contributed by atoms with Gasteiger partial charge in [-0.05, 0) is 39.4 Å². The largest absolute Gasteiger partial charge is 0.0622 e. The summed E-state index contributed by atoms with van der Waals surface area (Å²) < 4.78 is 0. The number of hydrogen-bond donors (Lipinski definition) is 0. The van der Waals surface area contributed by atoms with Crippen molar-refractivity contribution in [3.05, 3.63) is 108 Å². The van der Waals surface area contributed by atoms with Gasteiger partial charge in [0.25, 0.3) is 0 Å². The highest BCUT2D eigenvalue weighted by Crippen LogP contribution is 2.23. The van der Waals surface area contributed by atoms with Crippen LogP contribution in [0.2, 0.25) is 0 Å². The van der Waals surface area contributed by atoms with Crippen LogP contribution in [-0.2, 0) is 6.42 Å². The lowest BCUT2D eigenvalue weighted by atomic mass is 9.97. The highest BCUT2D eigenvalue weighted by atomic mass is 14.1. The molecule has 0 spiro atoms. The van der Waals surface area contributed by atoms with Crippen LogP contribution >= 0.6 is 0 Å². The van der Waals surface area contributed by atoms with E-state index in [0.717, 1.165) is 6.42 Å². The molecule has 0 nitrogen and oxygen atoms in total. The SMILES string of the molecule is c1ccc(-c2ccc(Cc3cccc4ccccc34)cc2)cc1. The van der Waals surface area contributed by atoms with Crippen molar-refractivity contribution in [1.82, 2.24) is 0 Å². The summed E-state index contributed by atoms with van der Waals surface area (Å²) in [5, 5.41) is 2.66. The molecule has 0 saturated carbocycles. The minimum Gasteiger partial charge on any atom is -0.0622 e. The van der Waals surface area contributed by atoms with Crippen molar-refractivity contribution >= 4 is 10.8 Å². The zero-order valence-electron chi connectivity index (χ0n) is 12.9. The smallest absolute Gasteiger partial charge is 0.00196 e. The molecule has 0 heterocycles. The average Bonchev–Trinajstić information content (AvgIpc) is 2.63. The second kappa shape index (κ2) is 6.10. The molecule has 23 heavy (non-hydrogen) atoms. The third kappa shape index (κ3) is 2.89. The second-order valence-electron chi connectivity index (χ2n) is 5.88. The summed E-state index contributed by atoms with van der Waals surface area (Å²) in [6, 6.07) is 34.6. The molecule has 0 heteroatoms. The predicted octanol–water partition coefficient (Wildman–Crippen LogP) is 6.10. The Hall–Kier alpha value is -2.86. The standard InChI is InChI=1S/C23H18/c1-2-7-19(8-3-1)20-15-13-18(14-16-20)17-22-11-6-10-21-9-4-5-12-23(21)22/h1-16H,17H2. The summed E-state index contributed by atoms with van der Waals surface area (Å²) in [6.07, 6.45) is 0.969. The highest BCUT2D eigenvalue weighted by Gasteiger charge is 2.03. The Labute approximate surface area is 137 Å². The first-order valence-electron chi connectivity index (χ1n) is 8.01. The van der Waals surface area contributed by atoms with E-state index in [1.165, 1.54) is 33.0 Å². The number of fused-ring (bicyclic) bond motifs is 1. The topological polar surface area (TPSA) is 0 Å². The molecule has 4 rings (SSSR count). The van der Waals surface area contributed by atoms with E-state index in [1.54, 1.807) is 0 Å². The quantitative estimate of drug-likeness (QED) is 0.428. The molecule has 0 aliphatic heterocycles. The monoisotopic (exact) mass is 294 g/mol. The first kappa shape index (κ1) is 13.8. The summed E-state index contributed by atoms with van der Waals surface area (Å²) in [7, 11) is 0. The molecule has 4 aromatic carbocycles. The molecule has 4 aromatic rings. The van der Waals surface area contributed by atoms with Crippen molar-refractivity contribution < 1.29 is 0 Å². The molecule has 0 N–H and O–H groups in total. The Morgan fingerprint density at radius 1 is 0.478 bits per heavy atom. The maximum atomic E-state index is 2.24. The van der Waals surface area contributed by atoms with Crippen molar-refractivity contribution in [1.29, 1.82) is 0 Å². The van der Waals surface area contributed by atoms with E-state index in [1.807, 2.05) is 0 Å². The lowest BCUT2D eigenvalue weighted by Crippen LogP contribution is -1.90. The summed E-state index contributed by atoms with van der Waals surface area (Å²) in [4.78, 5) is 0. The third-order valence-corrected chi connectivity index (χ3v) is 4.34. The maximum Gasteiger partial charge on any atom is -0.00196 e. The molecular weight excluding hydrogens is 276 g/mol. The van der Waals surface area contributed by atoms with Crippen molar-refractivity contribution in [2.45, 2.75) is 6.42 Å². The van der Waals surface area contributed by atoms with Gasteiger partial charge in [0.1, 0.15) is 0 Å². The van der Waals surface area contributed by atoms with Gasteiger partial charge in [-0.25, -0.2) is 0 Å². The van der Waals surface area contributed by atoms with Gasteiger partial charge in [-0.15, -0.1) is 0 Å². The van der Waals surface area contributed by atoms with Crippen LogP contribution in [0.15, 0.2) is 97.1 Å². The van der Waals surface area contributed by atoms with Gasteiger partial charge in [0.05, 0.1) is 0 Å². The van der Waals surface area contributed by atoms with Crippen LogP contribution in [0.1, 0.15) is 11.1 Å². The van der Waals surface area contributed by atoms with Gasteiger partial charge in [0, 0.05) is 0 Å². The van der Waals surface area contributed by atoms with Crippen LogP contribution in [-0.4, -0.2) is 0 Å². The molecule has 0 aliphatic rings. The van der Waals surface area contributed by atoms with E-state index in [0.29, 0.717) is 0 Å². The molecule has 0 bridgehead atoms. The molecule has 0 radical (unpaired) electrons. The Kier molecular flexibility index (Phi) is 3.65. The predicted molar refractivity (Wildman–Crippen MR) is 98.6 cm³/mol. The van der Waals surface area contributed by atoms with Gasteiger partial charge in [0.2, 0.25) is 0 Å². The molecular formula is C23H18. The molecule has 0 amide bonds. The Morgan fingerprint density at radius 3 is 1.96 bits per heavy atom. The average molecular weight is 294 g/mol. The van der Waals surface area contributed by atoms with E-state index < -0.39 is 0 Å². The van der Waals surface area contributed by atoms with E-state index in [9.17, 15) is 0 Å². The zero-order chi connectivity index (χ0) is 15.5. The van der Waals surface area contributed by atoms with E-state index in [2.05, 4.69) is 97.1 Å². The molecule has 0 aromatic heterocycles. The molecule has 0 saturated heterocycles. The second-order valence-corrected chi connectivity index (χ2v) is 5.88. The molecule has 0 fully saturated rings. The Bertz CT molecular complexity index is 913. The van der Waals surface area contributed by atoms with Gasteiger partial charge in [-0.3, -0.25) is 0 Å². The fourth-order valence-electron chi connectivity index (χ4n) is 3.11. The molecule has 110 valence electrons. The number of rotatable bonds is 3. The minimum absolute atomic E-state index is 0.969. The third-order valence-electron chi connectivity index (χ3n) is 4.34. The minimum atomic E-state index is 0.969. The van der Waals surface area contributed by atoms with Gasteiger partial charge < -0.3 is 0 Å². The number of hydrogen-bond acceptors (Lipinski definition) is 0. The van der Waals surface area contributed by atoms with E-state index in [4.69, 9.17) is 0 Å². The van der Waals surface area contributed by atoms with Crippen LogP contribution < -0.4 is 0 Å². The first-order chi connectivity index (χ1) is 11.4. The fraction of sp³-hybridized carbons (Fsp3) is 0.0435. The van der Waals surface area contributed by atoms with E-state index in [-0.39, 0.29) is 0 Å². The summed E-state index contributed by atoms with van der Waals surface area (Å²) in [5.74, 6) is 0. The first-order valence-corrected chi connectivity index (χ1v) is 8.01. The van der Waals surface area contributed by atoms with Crippen LogP contribution in [0.4, 0.5) is 0 Å². The Balaban J connectivity index is 1.64. The van der Waals surface area contributed by atoms with Gasteiger partial charge in [0.15, 0.2) is 0 Å². The fourth-order valence-corrected chi connectivity index (χ4v) is 3.11. The van der Waals surface area contributed by atoms with Crippen molar-refractivity contribution in [2.75, 3.05) is 0 Å². The molecule has 0 aliphatic carbocycles. The summed E-state index contributed by atoms with van der Waals surface area (Å²) in [5.41, 5.74) is 5.27. The summed E-state index contributed by atoms with van der Waals surface area (Å²) >= 11 is 0. The van der Waals surface area contributed by atoms with Crippen LogP contribution in [0.5, 0.6) is 0 Å². The summed E-state index contributed by atoms with van der Waals surface area (Å²) in [6.45, 7) is 0. The van der Waals surface area contributed by atoms with E-state index >= 15 is 0 Å². The normalized spacial score (nSPS) is 10.8. The van der Waals surface area contributed by atoms with Crippen LogP contribution in [0.25, 0.3) is 21.9 Å². The maximum absolute atomic E-state index is 2.24. The van der Waals surface area contributed by atoms with Crippen LogP contribution in [0, 0.1) is 0 Å². The van der Waals surface area contributed by atoms with Gasteiger partial charge in [-0.2, -0.15) is 0 Å². The Morgan fingerprint density at radius 2 is 1.13 bits per heavy atom. The zero-order valence-corrected chi connectivity index (χ0v) is 12.9. The van der Waals surface area contributed by atoms with Crippen LogP contribution in [0.3, 0.4) is 0 Å². The lowest BCUT2D eigenvalue weighted by Gasteiger charge is -2.08. The van der Waals surface area contributed by atoms with Gasteiger partial charge in [-0.1, -0.05) is 97.1 Å². The highest BCUT2D eigenvalue weighted by molar-refractivity contribution is 5.85. The van der Waals surface area contributed by atoms with Crippen molar-refractivity contribution in [3.63, 3.8) is 0 Å². The number of benzene rings is 4. The van der Waals surface area contributed by atoms with Gasteiger partial charge >= 0.3 is 0 Å². The van der Waals surface area contributed by atoms with Crippen molar-refractivity contribution in [2.24, 2.45) is 0 Å². The molecule has 0 unspecified atom stereocenters. The lowest BCUT2D eigenvalue weighted by molar-refractivity contribution is 1.21.